The third kappa shape index (κ3) is 10.7. The zero-order valence-electron chi connectivity index (χ0n) is 40.4. The molecule has 380 valence electrons. The van der Waals surface area contributed by atoms with Crippen molar-refractivity contribution in [3.63, 3.8) is 0 Å². The highest BCUT2D eigenvalue weighted by Crippen LogP contribution is 2.37. The van der Waals surface area contributed by atoms with E-state index < -0.39 is 18.3 Å². The summed E-state index contributed by atoms with van der Waals surface area (Å²) in [6.07, 6.45) is 4.27. The maximum absolute atomic E-state index is 13.5. The minimum Gasteiger partial charge on any atom is -0.492 e. The van der Waals surface area contributed by atoms with Crippen LogP contribution in [0.5, 0.6) is 23.3 Å². The summed E-state index contributed by atoms with van der Waals surface area (Å²) in [7, 11) is 0. The summed E-state index contributed by atoms with van der Waals surface area (Å²) in [5, 5.41) is 19.2. The molecule has 4 aromatic carbocycles. The number of hydrogen-bond acceptors (Lipinski definition) is 14. The normalized spacial score (nSPS) is 19.4. The largest absolute Gasteiger partial charge is 0.492 e. The van der Waals surface area contributed by atoms with E-state index in [4.69, 9.17) is 51.1 Å². The van der Waals surface area contributed by atoms with E-state index in [2.05, 4.69) is 25.3 Å². The number of nitrogen functional groups attached to an aromatic ring is 1. The number of imidazole rings is 1. The molecule has 4 aromatic heterocycles. The Hall–Kier alpha value is -7.64. The summed E-state index contributed by atoms with van der Waals surface area (Å²) < 4.78 is 31.2. The molecule has 3 aliphatic heterocycles. The van der Waals surface area contributed by atoms with E-state index in [0.29, 0.717) is 108 Å². The second-order valence-corrected chi connectivity index (χ2v) is 19.1. The van der Waals surface area contributed by atoms with Gasteiger partial charge in [-0.05, 0) is 91.4 Å². The predicted octanol–water partition coefficient (Wildman–Crippen LogP) is 8.34. The Morgan fingerprint density at radius 2 is 1.51 bits per heavy atom. The topological polar surface area (TPSA) is 227 Å². The molecule has 19 heteroatoms. The van der Waals surface area contributed by atoms with Crippen LogP contribution in [0.25, 0.3) is 55.8 Å². The molecule has 7 heterocycles. The smallest absolute Gasteiger partial charge is 0.296 e. The van der Waals surface area contributed by atoms with Crippen molar-refractivity contribution in [2.75, 3.05) is 45.2 Å². The van der Waals surface area contributed by atoms with Crippen LogP contribution in [0.2, 0.25) is 5.02 Å². The number of carbonyl (C=O) groups is 2. The number of aromatic amines is 1. The molecule has 3 saturated heterocycles. The fourth-order valence-corrected chi connectivity index (χ4v) is 10.1. The molecule has 0 spiro atoms. The van der Waals surface area contributed by atoms with Crippen LogP contribution < -0.4 is 25.3 Å². The van der Waals surface area contributed by atoms with Crippen LogP contribution >= 0.6 is 11.6 Å². The van der Waals surface area contributed by atoms with E-state index in [0.717, 1.165) is 47.3 Å². The van der Waals surface area contributed by atoms with Gasteiger partial charge in [-0.25, -0.2) is 19.6 Å². The number of amides is 2. The van der Waals surface area contributed by atoms with E-state index in [9.17, 15) is 14.7 Å². The molecule has 3 aliphatic rings. The SMILES string of the molecule is Nc1ncnc2c1c(-c1ccc(Oc3ccccc3)cc1)nn2[C@@H]1CCCN(C(=O)CCCCCC(=O)NCCOc2ccc(-c3ccc(-c4nc5nc(OC6COC7C(O)COC67)[nH]c5cc4Cl)cc3)cc2)C1. The number of pyridine rings is 1. The van der Waals surface area contributed by atoms with Crippen molar-refractivity contribution >= 4 is 51.4 Å². The van der Waals surface area contributed by atoms with Gasteiger partial charge in [0.25, 0.3) is 6.01 Å². The minimum atomic E-state index is -0.666. The number of ether oxygens (including phenoxy) is 5. The first-order valence-electron chi connectivity index (χ1n) is 25.0. The van der Waals surface area contributed by atoms with Crippen LogP contribution in [0.15, 0.2) is 116 Å². The number of H-pyrrole nitrogens is 1. The van der Waals surface area contributed by atoms with Gasteiger partial charge in [0.2, 0.25) is 11.8 Å². The number of fused-ring (bicyclic) bond motifs is 3. The average Bonchev–Trinajstić information content (AvgIpc) is 4.22. The van der Waals surface area contributed by atoms with Gasteiger partial charge in [0.15, 0.2) is 17.4 Å². The second-order valence-electron chi connectivity index (χ2n) is 18.7. The summed E-state index contributed by atoms with van der Waals surface area (Å²) in [6, 6.07) is 35.0. The van der Waals surface area contributed by atoms with Crippen molar-refractivity contribution in [2.45, 2.75) is 75.4 Å². The standard InChI is InChI=1S/C55H55ClN10O8/c56-41-28-42-53(63-55(61-42)74-44-31-72-50-43(67)30-71-51(44)50)62-48(41)35-15-13-33(14-16-35)34-17-21-38(22-18-34)70-27-25-58-45(68)11-5-2-6-12-46(69)65-26-7-8-37(29-65)66-54-47(52(57)59-32-60-54)49(64-66)36-19-23-40(24-20-36)73-39-9-3-1-4-10-39/h1,3-4,9-10,13-24,28,32,37,43-44,50-51,67H,2,5-8,11-12,25-27,29-31H2,(H,58,68)(H2,57,59,60)(H,61,62,63)/t37-,43?,44?,50?,51?/m1/s1. The number of halogens is 1. The summed E-state index contributed by atoms with van der Waals surface area (Å²) in [5.41, 5.74) is 13.1. The highest BCUT2D eigenvalue weighted by atomic mass is 35.5. The number of aromatic nitrogens is 7. The number of nitrogens with zero attached hydrogens (tertiary/aromatic N) is 7. The van der Waals surface area contributed by atoms with Crippen molar-refractivity contribution in [3.8, 4) is 56.9 Å². The number of carbonyl (C=O) groups excluding carboxylic acids is 2. The first kappa shape index (κ1) is 48.6. The number of nitrogens with one attached hydrogen (secondary N) is 2. The number of aliphatic hydroxyl groups is 1. The Morgan fingerprint density at radius 3 is 2.32 bits per heavy atom. The molecule has 0 radical (unpaired) electrons. The third-order valence-electron chi connectivity index (χ3n) is 13.7. The quantitative estimate of drug-likeness (QED) is 0.0593. The summed E-state index contributed by atoms with van der Waals surface area (Å²) in [5.74, 6) is 2.56. The molecule has 74 heavy (non-hydrogen) atoms. The molecule has 3 fully saturated rings. The van der Waals surface area contributed by atoms with Crippen LogP contribution in [-0.2, 0) is 19.1 Å². The third-order valence-corrected chi connectivity index (χ3v) is 14.0. The van der Waals surface area contributed by atoms with Gasteiger partial charge in [0.05, 0.1) is 47.4 Å². The molecule has 11 rings (SSSR count). The number of rotatable bonds is 18. The molecule has 5 N–H and O–H groups in total. The lowest BCUT2D eigenvalue weighted by molar-refractivity contribution is -0.133. The van der Waals surface area contributed by atoms with E-state index in [1.165, 1.54) is 6.33 Å². The van der Waals surface area contributed by atoms with Crippen LogP contribution in [0.1, 0.15) is 51.0 Å². The van der Waals surface area contributed by atoms with Crippen LogP contribution in [0.3, 0.4) is 0 Å². The van der Waals surface area contributed by atoms with E-state index in [-0.39, 0.29) is 43.2 Å². The average molecular weight is 1020 g/mol. The number of likely N-dealkylation sites (tertiary alicyclic amines) is 1. The Morgan fingerprint density at radius 1 is 0.811 bits per heavy atom. The number of anilines is 1. The maximum atomic E-state index is 13.5. The van der Waals surface area contributed by atoms with Crippen molar-refractivity contribution < 1.29 is 38.4 Å². The highest BCUT2D eigenvalue weighted by molar-refractivity contribution is 6.33. The summed E-state index contributed by atoms with van der Waals surface area (Å²) in [4.78, 5) is 49.3. The molecule has 5 atom stereocenters. The second kappa shape index (κ2) is 21.8. The number of nitrogens with two attached hydrogens (primary N) is 1. The molecule has 0 saturated carbocycles. The van der Waals surface area contributed by atoms with Crippen LogP contribution in [0, 0.1) is 0 Å². The number of hydrogen-bond donors (Lipinski definition) is 4. The molecule has 0 aliphatic carbocycles. The van der Waals surface area contributed by atoms with Gasteiger partial charge >= 0.3 is 0 Å². The summed E-state index contributed by atoms with van der Waals surface area (Å²) >= 11 is 6.70. The van der Waals surface area contributed by atoms with Crippen LogP contribution in [0.4, 0.5) is 5.82 Å². The number of para-hydroxylation sites is 1. The molecule has 8 aromatic rings. The van der Waals surface area contributed by atoms with Gasteiger partial charge in [-0.1, -0.05) is 72.6 Å². The Bertz CT molecular complexity index is 3250. The van der Waals surface area contributed by atoms with Crippen molar-refractivity contribution in [2.24, 2.45) is 0 Å². The molecule has 2 amide bonds. The predicted molar refractivity (Wildman–Crippen MR) is 278 cm³/mol. The van der Waals surface area contributed by atoms with Gasteiger partial charge in [-0.3, -0.25) is 9.59 Å². The zero-order valence-corrected chi connectivity index (χ0v) is 41.2. The van der Waals surface area contributed by atoms with E-state index >= 15 is 0 Å². The molecule has 0 bridgehead atoms. The fraction of sp³-hybridized carbons (Fsp3) is 0.327. The minimum absolute atomic E-state index is 0.0432. The highest BCUT2D eigenvalue weighted by Gasteiger charge is 2.48. The molecule has 4 unspecified atom stereocenters. The molecular formula is C55H55ClN10O8. The Balaban J connectivity index is 0.595. The van der Waals surface area contributed by atoms with Gasteiger partial charge in [-0.2, -0.15) is 10.1 Å². The fourth-order valence-electron chi connectivity index (χ4n) is 9.89. The zero-order chi connectivity index (χ0) is 50.5. The van der Waals surface area contributed by atoms with Crippen molar-refractivity contribution in [1.29, 1.82) is 0 Å². The van der Waals surface area contributed by atoms with E-state index in [1.54, 1.807) is 6.07 Å². The monoisotopic (exact) mass is 1020 g/mol. The lowest BCUT2D eigenvalue weighted by Gasteiger charge is -2.33. The van der Waals surface area contributed by atoms with Crippen LogP contribution in [-0.4, -0.2) is 120 Å². The number of benzene rings is 4. The van der Waals surface area contributed by atoms with Crippen molar-refractivity contribution in [1.82, 2.24) is 44.9 Å². The lowest BCUT2D eigenvalue weighted by Crippen LogP contribution is -2.40. The van der Waals surface area contributed by atoms with Gasteiger partial charge in [0, 0.05) is 37.1 Å². The first-order chi connectivity index (χ1) is 36.2. The maximum Gasteiger partial charge on any atom is 0.296 e. The van der Waals surface area contributed by atoms with Gasteiger partial charge in [-0.15, -0.1) is 0 Å². The number of piperidine rings is 1. The molecular weight excluding hydrogens is 964 g/mol. The Kier molecular flexibility index (Phi) is 14.3. The van der Waals surface area contributed by atoms with Crippen molar-refractivity contribution in [3.05, 3.63) is 121 Å². The van der Waals surface area contributed by atoms with E-state index in [1.807, 2.05) is 113 Å². The summed E-state index contributed by atoms with van der Waals surface area (Å²) in [6.45, 7) is 2.42. The van der Waals surface area contributed by atoms with Gasteiger partial charge in [0.1, 0.15) is 60.0 Å². The van der Waals surface area contributed by atoms with Gasteiger partial charge < -0.3 is 49.7 Å². The number of aliphatic hydroxyl groups excluding tert-OH is 1. The molecule has 18 nitrogen and oxygen atoms in total. The first-order valence-corrected chi connectivity index (χ1v) is 25.4. The number of unbranched alkanes of at least 4 members (excludes halogenated alkanes) is 2. The Labute approximate surface area is 431 Å². The lowest BCUT2D eigenvalue weighted by atomic mass is 10.0.